The maximum Gasteiger partial charge on any atom is 0.244 e. The fraction of sp³-hybridized carbons (Fsp3) is 0.300. The number of rotatable bonds is 8. The van der Waals surface area contributed by atoms with Crippen LogP contribution in [0.15, 0.2) is 52.5 Å². The molecule has 0 aliphatic carbocycles. The van der Waals surface area contributed by atoms with Crippen LogP contribution in [-0.4, -0.2) is 25.0 Å². The van der Waals surface area contributed by atoms with Crippen molar-refractivity contribution in [2.24, 2.45) is 11.0 Å². The summed E-state index contributed by atoms with van der Waals surface area (Å²) in [5, 5.41) is 4.65. The molecule has 1 amide bonds. The molecule has 26 heavy (non-hydrogen) atoms. The molecule has 0 aromatic heterocycles. The van der Waals surface area contributed by atoms with Gasteiger partial charge in [0.05, 0.1) is 19.2 Å². The number of nitrogens with one attached hydrogen (secondary N) is 1. The Morgan fingerprint density at radius 3 is 2.85 bits per heavy atom. The molecule has 138 valence electrons. The van der Waals surface area contributed by atoms with E-state index in [9.17, 15) is 4.79 Å². The average molecular weight is 391 g/mol. The van der Waals surface area contributed by atoms with Gasteiger partial charge in [0, 0.05) is 9.92 Å². The Morgan fingerprint density at radius 2 is 2.12 bits per heavy atom. The third-order valence-electron chi connectivity index (χ3n) is 3.44. The second-order valence-electron chi connectivity index (χ2n) is 6.20. The molecule has 0 unspecified atom stereocenters. The molecule has 2 aromatic carbocycles. The van der Waals surface area contributed by atoms with Crippen LogP contribution < -0.4 is 10.2 Å². The summed E-state index contributed by atoms with van der Waals surface area (Å²) in [7, 11) is 0. The summed E-state index contributed by atoms with van der Waals surface area (Å²) >= 11 is 7.60. The van der Waals surface area contributed by atoms with Crippen molar-refractivity contribution in [3.05, 3.63) is 58.6 Å². The highest BCUT2D eigenvalue weighted by Gasteiger charge is 2.08. The number of benzene rings is 2. The van der Waals surface area contributed by atoms with Crippen molar-refractivity contribution >= 4 is 35.5 Å². The minimum absolute atomic E-state index is 0.189. The topological polar surface area (TPSA) is 50.7 Å². The molecule has 0 atom stereocenters. The zero-order valence-electron chi connectivity index (χ0n) is 15.2. The van der Waals surface area contributed by atoms with Gasteiger partial charge in [-0.3, -0.25) is 4.79 Å². The van der Waals surface area contributed by atoms with Crippen LogP contribution in [-0.2, 0) is 11.2 Å². The van der Waals surface area contributed by atoms with Crippen LogP contribution in [0.25, 0.3) is 0 Å². The lowest BCUT2D eigenvalue weighted by molar-refractivity contribution is -0.120. The van der Waals surface area contributed by atoms with Crippen LogP contribution in [0, 0.1) is 5.92 Å². The monoisotopic (exact) mass is 390 g/mol. The maximum atomic E-state index is 12.1. The first-order valence-corrected chi connectivity index (χ1v) is 9.95. The first kappa shape index (κ1) is 20.3. The van der Waals surface area contributed by atoms with Gasteiger partial charge in [0.2, 0.25) is 5.91 Å². The van der Waals surface area contributed by atoms with Crippen molar-refractivity contribution in [3.8, 4) is 5.75 Å². The fourth-order valence-electron chi connectivity index (χ4n) is 2.22. The van der Waals surface area contributed by atoms with E-state index < -0.39 is 0 Å². The summed E-state index contributed by atoms with van der Waals surface area (Å²) in [6, 6.07) is 13.1. The van der Waals surface area contributed by atoms with E-state index >= 15 is 0 Å². The largest absolute Gasteiger partial charge is 0.493 e. The molecule has 0 radical (unpaired) electrons. The zero-order chi connectivity index (χ0) is 18.9. The molecular weight excluding hydrogens is 368 g/mol. The van der Waals surface area contributed by atoms with Crippen LogP contribution in [0.4, 0.5) is 0 Å². The Bertz CT molecular complexity index is 778. The van der Waals surface area contributed by atoms with Crippen LogP contribution in [0.2, 0.25) is 5.02 Å². The van der Waals surface area contributed by atoms with Crippen molar-refractivity contribution in [1.29, 1.82) is 0 Å². The molecule has 0 aliphatic heterocycles. The van der Waals surface area contributed by atoms with E-state index in [1.807, 2.05) is 48.7 Å². The first-order valence-electron chi connectivity index (χ1n) is 8.35. The molecule has 6 heteroatoms. The van der Waals surface area contributed by atoms with Gasteiger partial charge >= 0.3 is 0 Å². The lowest BCUT2D eigenvalue weighted by Gasteiger charge is -2.09. The molecule has 0 saturated heterocycles. The Balaban J connectivity index is 1.93. The van der Waals surface area contributed by atoms with Crippen LogP contribution in [0.1, 0.15) is 25.0 Å². The van der Waals surface area contributed by atoms with E-state index in [1.165, 1.54) is 0 Å². The molecular formula is C20H23ClN2O2S. The first-order chi connectivity index (χ1) is 12.5. The van der Waals surface area contributed by atoms with E-state index in [0.717, 1.165) is 21.8 Å². The molecule has 1 N–H and O–H groups in total. The minimum Gasteiger partial charge on any atom is -0.493 e. The summed E-state index contributed by atoms with van der Waals surface area (Å²) in [6.45, 7) is 4.86. The molecule has 0 bridgehead atoms. The van der Waals surface area contributed by atoms with Gasteiger partial charge in [-0.15, -0.1) is 11.8 Å². The van der Waals surface area contributed by atoms with Gasteiger partial charge in [0.25, 0.3) is 0 Å². The van der Waals surface area contributed by atoms with Gasteiger partial charge in [-0.2, -0.15) is 5.10 Å². The van der Waals surface area contributed by atoms with Crippen LogP contribution >= 0.6 is 23.4 Å². The van der Waals surface area contributed by atoms with Crippen molar-refractivity contribution in [2.75, 3.05) is 12.9 Å². The Morgan fingerprint density at radius 1 is 1.31 bits per heavy atom. The Hall–Kier alpha value is -1.98. The van der Waals surface area contributed by atoms with E-state index in [4.69, 9.17) is 16.3 Å². The van der Waals surface area contributed by atoms with Crippen LogP contribution in [0.3, 0.4) is 0 Å². The molecule has 0 heterocycles. The Kier molecular flexibility index (Phi) is 8.01. The van der Waals surface area contributed by atoms with E-state index in [2.05, 4.69) is 24.4 Å². The number of amides is 1. The van der Waals surface area contributed by atoms with Gasteiger partial charge in [-0.05, 0) is 53.6 Å². The normalized spacial score (nSPS) is 11.1. The summed E-state index contributed by atoms with van der Waals surface area (Å²) in [5.74, 6) is 1.06. The molecule has 0 saturated carbocycles. The molecule has 0 aliphatic rings. The highest BCUT2D eigenvalue weighted by atomic mass is 35.5. The number of thioether (sulfide) groups is 1. The fourth-order valence-corrected chi connectivity index (χ4v) is 3.02. The highest BCUT2D eigenvalue weighted by Crippen LogP contribution is 2.24. The maximum absolute atomic E-state index is 12.1. The van der Waals surface area contributed by atoms with E-state index in [-0.39, 0.29) is 12.3 Å². The standard InChI is InChI=1S/C20H23ClN2O2S/c1-14(2)13-25-18-6-4-5-15(9-18)12-22-23-20(24)11-16-10-17(21)7-8-19(16)26-3/h4-10,12,14H,11,13H2,1-3H3,(H,23,24)/b22-12-. The molecule has 4 nitrogen and oxygen atoms in total. The van der Waals surface area contributed by atoms with Crippen LogP contribution in [0.5, 0.6) is 5.75 Å². The summed E-state index contributed by atoms with van der Waals surface area (Å²) in [5.41, 5.74) is 4.31. The summed E-state index contributed by atoms with van der Waals surface area (Å²) in [6.07, 6.45) is 3.80. The molecule has 0 spiro atoms. The van der Waals surface area contributed by atoms with Crippen molar-refractivity contribution < 1.29 is 9.53 Å². The lowest BCUT2D eigenvalue weighted by atomic mass is 10.1. The van der Waals surface area contributed by atoms with E-state index in [0.29, 0.717) is 17.5 Å². The molecule has 2 aromatic rings. The average Bonchev–Trinajstić information content (AvgIpc) is 2.60. The second kappa shape index (κ2) is 10.2. The quantitative estimate of drug-likeness (QED) is 0.400. The number of hydrazone groups is 1. The van der Waals surface area contributed by atoms with Crippen molar-refractivity contribution in [1.82, 2.24) is 5.43 Å². The second-order valence-corrected chi connectivity index (χ2v) is 7.49. The number of halogens is 1. The Labute approximate surface area is 164 Å². The highest BCUT2D eigenvalue weighted by molar-refractivity contribution is 7.98. The molecule has 0 fully saturated rings. The summed E-state index contributed by atoms with van der Waals surface area (Å²) < 4.78 is 5.69. The number of hydrogen-bond acceptors (Lipinski definition) is 4. The number of ether oxygens (including phenoxy) is 1. The zero-order valence-corrected chi connectivity index (χ0v) is 16.7. The van der Waals surface area contributed by atoms with Gasteiger partial charge < -0.3 is 4.74 Å². The smallest absolute Gasteiger partial charge is 0.244 e. The predicted octanol–water partition coefficient (Wildman–Crippen LogP) is 4.79. The number of hydrogen-bond donors (Lipinski definition) is 1. The lowest BCUT2D eigenvalue weighted by Crippen LogP contribution is -2.20. The number of carbonyl (C=O) groups excluding carboxylic acids is 1. The SMILES string of the molecule is CSc1ccc(Cl)cc1CC(=O)N/N=C\c1cccc(OCC(C)C)c1. The minimum atomic E-state index is -0.189. The predicted molar refractivity (Wildman–Crippen MR) is 109 cm³/mol. The third kappa shape index (κ3) is 6.73. The van der Waals surface area contributed by atoms with Crippen molar-refractivity contribution in [3.63, 3.8) is 0 Å². The summed E-state index contributed by atoms with van der Waals surface area (Å²) in [4.78, 5) is 13.2. The van der Waals surface area contributed by atoms with Crippen molar-refractivity contribution in [2.45, 2.75) is 25.2 Å². The number of nitrogens with zero attached hydrogens (tertiary/aromatic N) is 1. The van der Waals surface area contributed by atoms with Gasteiger partial charge in [0.15, 0.2) is 0 Å². The molecule has 2 rings (SSSR count). The van der Waals surface area contributed by atoms with E-state index in [1.54, 1.807) is 18.0 Å². The van der Waals surface area contributed by atoms with Gasteiger partial charge in [0.1, 0.15) is 5.75 Å². The third-order valence-corrected chi connectivity index (χ3v) is 4.51. The van der Waals surface area contributed by atoms with Gasteiger partial charge in [-0.25, -0.2) is 5.43 Å². The van der Waals surface area contributed by atoms with Gasteiger partial charge in [-0.1, -0.05) is 37.6 Å². The number of carbonyl (C=O) groups is 1.